The van der Waals surface area contributed by atoms with Gasteiger partial charge in [-0.25, -0.2) is 0 Å². The molecule has 0 aromatic carbocycles. The fraction of sp³-hybridized carbons (Fsp3) is 1.00. The van der Waals surface area contributed by atoms with Crippen molar-refractivity contribution < 1.29 is 18.7 Å². The van der Waals surface area contributed by atoms with E-state index < -0.39 is 8.60 Å². The lowest BCUT2D eigenvalue weighted by Gasteiger charge is -2.42. The minimum Gasteiger partial charge on any atom is -0.396 e. The fourth-order valence-electron chi connectivity index (χ4n) is 1.15. The number of aliphatic hydroxyl groups is 1. The van der Waals surface area contributed by atoms with Gasteiger partial charge in [0.1, 0.15) is 0 Å². The first kappa shape index (κ1) is 13.7. The van der Waals surface area contributed by atoms with Gasteiger partial charge in [0.25, 0.3) is 0 Å². The molecule has 90 valence electrons. The summed E-state index contributed by atoms with van der Waals surface area (Å²) in [5.74, 6) is 2.52. The maximum Gasteiger partial charge on any atom is 0.332 e. The zero-order valence-corrected chi connectivity index (χ0v) is 11.0. The SMILES string of the molecule is CCSCC.OCC12COP(OC1)OC2. The summed E-state index contributed by atoms with van der Waals surface area (Å²) in [6.45, 7) is 6.16. The third kappa shape index (κ3) is 4.17. The lowest BCUT2D eigenvalue weighted by molar-refractivity contribution is -0.0965. The molecule has 3 fully saturated rings. The van der Waals surface area contributed by atoms with Gasteiger partial charge in [0.15, 0.2) is 0 Å². The van der Waals surface area contributed by atoms with Gasteiger partial charge >= 0.3 is 8.60 Å². The number of hydrogen-bond donors (Lipinski definition) is 1. The van der Waals surface area contributed by atoms with Crippen molar-refractivity contribution in [3.8, 4) is 0 Å². The highest BCUT2D eigenvalue weighted by Gasteiger charge is 2.44. The summed E-state index contributed by atoms with van der Waals surface area (Å²) in [7, 11) is -1.05. The highest BCUT2D eigenvalue weighted by molar-refractivity contribution is 7.99. The highest BCUT2D eigenvalue weighted by atomic mass is 32.2. The van der Waals surface area contributed by atoms with Crippen molar-refractivity contribution in [1.29, 1.82) is 0 Å². The summed E-state index contributed by atoms with van der Waals surface area (Å²) in [6, 6.07) is 0. The second-order valence-corrected chi connectivity index (χ2v) is 6.27. The van der Waals surface area contributed by atoms with Crippen molar-refractivity contribution in [3.63, 3.8) is 0 Å². The molecule has 6 heteroatoms. The summed E-state index contributed by atoms with van der Waals surface area (Å²) < 4.78 is 15.4. The molecular formula is C9H19O4PS. The van der Waals surface area contributed by atoms with Crippen molar-refractivity contribution in [2.45, 2.75) is 13.8 Å². The second kappa shape index (κ2) is 7.05. The van der Waals surface area contributed by atoms with E-state index in [9.17, 15) is 0 Å². The molecule has 0 saturated carbocycles. The molecule has 0 spiro atoms. The Balaban J connectivity index is 0.000000195. The maximum absolute atomic E-state index is 8.93. The Kier molecular flexibility index (Phi) is 6.43. The monoisotopic (exact) mass is 254 g/mol. The molecule has 3 aliphatic rings. The van der Waals surface area contributed by atoms with Crippen LogP contribution in [-0.4, -0.2) is 43.0 Å². The second-order valence-electron chi connectivity index (χ2n) is 3.48. The minimum absolute atomic E-state index is 0.0795. The van der Waals surface area contributed by atoms with Crippen LogP contribution in [0.15, 0.2) is 0 Å². The smallest absolute Gasteiger partial charge is 0.332 e. The predicted molar refractivity (Wildman–Crippen MR) is 63.0 cm³/mol. The van der Waals surface area contributed by atoms with Crippen molar-refractivity contribution in [1.82, 2.24) is 0 Å². The number of thioether (sulfide) groups is 1. The maximum atomic E-state index is 8.93. The van der Waals surface area contributed by atoms with E-state index in [4.69, 9.17) is 18.7 Å². The van der Waals surface area contributed by atoms with E-state index in [0.717, 1.165) is 0 Å². The van der Waals surface area contributed by atoms with Crippen LogP contribution in [0.1, 0.15) is 13.8 Å². The van der Waals surface area contributed by atoms with Gasteiger partial charge in [-0.3, -0.25) is 0 Å². The van der Waals surface area contributed by atoms with Crippen LogP contribution in [0, 0.1) is 5.41 Å². The van der Waals surface area contributed by atoms with Crippen LogP contribution in [-0.2, 0) is 13.6 Å². The Hall–Kier alpha value is 0.620. The van der Waals surface area contributed by atoms with Gasteiger partial charge in [-0.2, -0.15) is 11.8 Å². The molecule has 0 aromatic rings. The molecule has 3 heterocycles. The van der Waals surface area contributed by atoms with Crippen molar-refractivity contribution in [2.24, 2.45) is 5.41 Å². The number of fused-ring (bicyclic) bond motifs is 3. The van der Waals surface area contributed by atoms with Gasteiger partial charge in [0.2, 0.25) is 0 Å². The molecule has 3 saturated heterocycles. The van der Waals surface area contributed by atoms with Gasteiger partial charge in [0, 0.05) is 0 Å². The average molecular weight is 254 g/mol. The summed E-state index contributed by atoms with van der Waals surface area (Å²) in [5.41, 5.74) is -0.267. The van der Waals surface area contributed by atoms with Crippen LogP contribution >= 0.6 is 20.4 Å². The van der Waals surface area contributed by atoms with E-state index in [2.05, 4.69) is 13.8 Å². The molecular weight excluding hydrogens is 235 g/mol. The third-order valence-electron chi connectivity index (χ3n) is 2.17. The first-order chi connectivity index (χ1) is 7.26. The van der Waals surface area contributed by atoms with Gasteiger partial charge in [-0.05, 0) is 11.5 Å². The zero-order chi connectivity index (χ0) is 11.1. The van der Waals surface area contributed by atoms with E-state index in [1.165, 1.54) is 11.5 Å². The minimum atomic E-state index is -1.05. The standard InChI is InChI=1S/C5H9O4P.C4H10S/c6-1-5-2-7-10(8-3-5)9-4-5;1-3-5-4-2/h6H,1-4H2;3-4H2,1-2H3. The summed E-state index contributed by atoms with van der Waals surface area (Å²) >= 11 is 1.96. The molecule has 0 unspecified atom stereocenters. The Labute approximate surface area is 96.7 Å². The molecule has 0 radical (unpaired) electrons. The number of rotatable bonds is 3. The normalized spacial score (nSPS) is 33.4. The molecule has 0 atom stereocenters. The Morgan fingerprint density at radius 2 is 1.60 bits per heavy atom. The molecule has 3 aliphatic heterocycles. The Morgan fingerprint density at radius 1 is 1.13 bits per heavy atom. The lowest BCUT2D eigenvalue weighted by atomic mass is 9.93. The van der Waals surface area contributed by atoms with Crippen LogP contribution in [0.3, 0.4) is 0 Å². The van der Waals surface area contributed by atoms with Crippen LogP contribution in [0.2, 0.25) is 0 Å². The van der Waals surface area contributed by atoms with Crippen molar-refractivity contribution in [3.05, 3.63) is 0 Å². The highest BCUT2D eigenvalue weighted by Crippen LogP contribution is 2.52. The van der Waals surface area contributed by atoms with E-state index in [1.54, 1.807) is 0 Å². The molecule has 1 N–H and O–H groups in total. The van der Waals surface area contributed by atoms with Gasteiger partial charge in [-0.1, -0.05) is 13.8 Å². The quantitative estimate of drug-likeness (QED) is 0.781. The van der Waals surface area contributed by atoms with Crippen LogP contribution in [0.5, 0.6) is 0 Å². The molecule has 0 aromatic heterocycles. The molecule has 15 heavy (non-hydrogen) atoms. The summed E-state index contributed by atoms with van der Waals surface area (Å²) in [5, 5.41) is 8.93. The Bertz CT molecular complexity index is 158. The van der Waals surface area contributed by atoms with E-state index in [-0.39, 0.29) is 12.0 Å². The van der Waals surface area contributed by atoms with Crippen molar-refractivity contribution in [2.75, 3.05) is 37.9 Å². The van der Waals surface area contributed by atoms with Gasteiger partial charge in [-0.15, -0.1) is 0 Å². The molecule has 2 bridgehead atoms. The largest absolute Gasteiger partial charge is 0.396 e. The number of hydrogen-bond acceptors (Lipinski definition) is 5. The van der Waals surface area contributed by atoms with Crippen molar-refractivity contribution >= 4 is 20.4 Å². The summed E-state index contributed by atoms with van der Waals surface area (Å²) in [4.78, 5) is 0. The van der Waals surface area contributed by atoms with E-state index >= 15 is 0 Å². The van der Waals surface area contributed by atoms with Crippen LogP contribution in [0.25, 0.3) is 0 Å². The first-order valence-electron chi connectivity index (χ1n) is 5.14. The predicted octanol–water partition coefficient (Wildman–Crippen LogP) is 2.03. The molecule has 0 amide bonds. The van der Waals surface area contributed by atoms with E-state index in [0.29, 0.717) is 19.8 Å². The average Bonchev–Trinajstić information content (AvgIpc) is 2.33. The van der Waals surface area contributed by atoms with Crippen LogP contribution < -0.4 is 0 Å². The topological polar surface area (TPSA) is 47.9 Å². The van der Waals surface area contributed by atoms with E-state index in [1.807, 2.05) is 11.8 Å². The lowest BCUT2D eigenvalue weighted by Crippen LogP contribution is -2.46. The first-order valence-corrected chi connectivity index (χ1v) is 7.39. The van der Waals surface area contributed by atoms with Gasteiger partial charge in [0.05, 0.1) is 31.8 Å². The zero-order valence-electron chi connectivity index (χ0n) is 9.27. The van der Waals surface area contributed by atoms with Gasteiger partial charge < -0.3 is 18.7 Å². The fourth-order valence-corrected chi connectivity index (χ4v) is 2.92. The molecule has 4 nitrogen and oxygen atoms in total. The summed E-state index contributed by atoms with van der Waals surface area (Å²) in [6.07, 6.45) is 0. The molecule has 3 rings (SSSR count). The molecule has 0 aliphatic carbocycles. The van der Waals surface area contributed by atoms with Crippen LogP contribution in [0.4, 0.5) is 0 Å². The Morgan fingerprint density at radius 3 is 1.80 bits per heavy atom. The number of aliphatic hydroxyl groups excluding tert-OH is 1. The third-order valence-corrected chi connectivity index (χ3v) is 4.01.